The molecule has 2 aliphatic carbocycles. The maximum absolute atomic E-state index is 13.0. The van der Waals surface area contributed by atoms with Crippen molar-refractivity contribution in [3.8, 4) is 22.3 Å². The molecule has 2 aromatic carbocycles. The van der Waals surface area contributed by atoms with Crippen molar-refractivity contribution in [1.29, 1.82) is 0 Å². The zero-order valence-corrected chi connectivity index (χ0v) is 40.9. The summed E-state index contributed by atoms with van der Waals surface area (Å²) in [6, 6.07) is 18.1. The number of fused-ring (bicyclic) bond motifs is 2. The van der Waals surface area contributed by atoms with Crippen molar-refractivity contribution >= 4 is 79.9 Å². The van der Waals surface area contributed by atoms with Gasteiger partial charge in [-0.05, 0) is 148 Å². The first kappa shape index (κ1) is 52.8. The van der Waals surface area contributed by atoms with E-state index < -0.39 is 35.6 Å². The second kappa shape index (κ2) is 21.5. The molecule has 0 atom stereocenters. The summed E-state index contributed by atoms with van der Waals surface area (Å²) in [5.41, 5.74) is 11.2. The van der Waals surface area contributed by atoms with Crippen molar-refractivity contribution in [3.63, 3.8) is 0 Å². The normalized spacial score (nSPS) is 13.2. The largest absolute Gasteiger partial charge is 0.433 e. The van der Waals surface area contributed by atoms with E-state index in [-0.39, 0.29) is 46.0 Å². The molecule has 16 nitrogen and oxygen atoms in total. The molecule has 0 unspecified atom stereocenters. The maximum atomic E-state index is 13.0. The Labute approximate surface area is 428 Å². The van der Waals surface area contributed by atoms with Crippen LogP contribution in [0.15, 0.2) is 97.6 Å². The Morgan fingerprint density at radius 1 is 0.547 bits per heavy atom. The van der Waals surface area contributed by atoms with Crippen molar-refractivity contribution in [2.24, 2.45) is 11.8 Å². The number of aromatic nitrogens is 8. The van der Waals surface area contributed by atoms with Crippen LogP contribution in [0.3, 0.4) is 0 Å². The molecule has 2 fully saturated rings. The van der Waals surface area contributed by atoms with Crippen LogP contribution >= 0.6 is 11.6 Å². The number of alkyl halides is 6. The summed E-state index contributed by atoms with van der Waals surface area (Å²) in [4.78, 5) is 79.6. The van der Waals surface area contributed by atoms with E-state index in [1.807, 2.05) is 45.9 Å². The van der Waals surface area contributed by atoms with Crippen LogP contribution in [-0.4, -0.2) is 62.8 Å². The van der Waals surface area contributed by atoms with Crippen LogP contribution in [0.2, 0.25) is 0 Å². The van der Waals surface area contributed by atoms with E-state index in [1.54, 1.807) is 42.7 Å². The molecule has 0 radical (unpaired) electrons. The van der Waals surface area contributed by atoms with Crippen LogP contribution in [0.4, 0.5) is 49.6 Å². The molecular weight excluding hydrogens is 1010 g/mol. The number of amides is 3. The molecule has 3 amide bonds. The molecule has 0 aliphatic heterocycles. The number of aryl methyl sites for hydroxylation is 4. The van der Waals surface area contributed by atoms with E-state index in [0.717, 1.165) is 71.5 Å². The van der Waals surface area contributed by atoms with Gasteiger partial charge in [-0.15, -0.1) is 0 Å². The number of anilines is 4. The van der Waals surface area contributed by atoms with Gasteiger partial charge in [0.1, 0.15) is 11.4 Å². The molecule has 75 heavy (non-hydrogen) atoms. The fraction of sp³-hybridized carbons (Fsp3) is 0.231. The lowest BCUT2D eigenvalue weighted by molar-refractivity contribution is -0.142. The van der Waals surface area contributed by atoms with E-state index in [0.29, 0.717) is 57.0 Å². The number of nitrogens with zero attached hydrogens (tertiary/aromatic N) is 8. The number of hydrogen-bond donors (Lipinski definition) is 4. The third-order valence-electron chi connectivity index (χ3n) is 11.8. The first-order valence-electron chi connectivity index (χ1n) is 23.0. The average molecular weight is 1050 g/mol. The van der Waals surface area contributed by atoms with Crippen LogP contribution < -0.4 is 21.7 Å². The molecule has 2 saturated carbocycles. The van der Waals surface area contributed by atoms with Gasteiger partial charge in [0.15, 0.2) is 11.3 Å². The SMILES string of the molecule is Cc1ccc(NC(=O)c2ccnc(C(F)(F)F)c2)cc1-c1cc2cnc(N)nc2nc1C.Cc1ccc(NC(=O)c2ccnc(C(F)(F)F)c2)cc1-c1cc2cnc(NC(=O)C3CC3)nc2nc1C.O=C(Cl)C1CC1. The van der Waals surface area contributed by atoms with Gasteiger partial charge in [0, 0.05) is 92.4 Å². The Morgan fingerprint density at radius 2 is 1.00 bits per heavy atom. The summed E-state index contributed by atoms with van der Waals surface area (Å²) >= 11 is 5.04. The molecule has 10 rings (SSSR count). The first-order valence-corrected chi connectivity index (χ1v) is 23.3. The summed E-state index contributed by atoms with van der Waals surface area (Å²) in [6.07, 6.45) is -0.440. The Morgan fingerprint density at radius 3 is 1.43 bits per heavy atom. The Hall–Kier alpha value is -8.53. The smallest absolute Gasteiger partial charge is 0.368 e. The highest BCUT2D eigenvalue weighted by atomic mass is 35.5. The molecule has 6 heterocycles. The van der Waals surface area contributed by atoms with Gasteiger partial charge in [0.05, 0.1) is 0 Å². The lowest BCUT2D eigenvalue weighted by Gasteiger charge is -2.14. The van der Waals surface area contributed by atoms with Gasteiger partial charge in [-0.2, -0.15) is 36.3 Å². The number of benzene rings is 2. The van der Waals surface area contributed by atoms with Crippen LogP contribution in [0.25, 0.3) is 44.3 Å². The molecule has 0 bridgehead atoms. The minimum atomic E-state index is -4.65. The summed E-state index contributed by atoms with van der Waals surface area (Å²) in [5.74, 6) is -0.875. The van der Waals surface area contributed by atoms with E-state index in [1.165, 1.54) is 12.1 Å². The molecule has 384 valence electrons. The number of carbonyl (C=O) groups is 4. The highest BCUT2D eigenvalue weighted by Gasteiger charge is 2.34. The van der Waals surface area contributed by atoms with Crippen molar-refractivity contribution in [2.75, 3.05) is 21.7 Å². The lowest BCUT2D eigenvalue weighted by atomic mass is 9.98. The molecule has 5 N–H and O–H groups in total. The van der Waals surface area contributed by atoms with Crippen molar-refractivity contribution in [2.45, 2.75) is 65.7 Å². The van der Waals surface area contributed by atoms with Gasteiger partial charge in [-0.1, -0.05) is 12.1 Å². The number of nitrogens with two attached hydrogens (primary N) is 1. The molecular formula is C52H43ClF6N12O4. The summed E-state index contributed by atoms with van der Waals surface area (Å²) in [5, 5.41) is 9.21. The van der Waals surface area contributed by atoms with E-state index in [9.17, 15) is 45.5 Å². The number of halogens is 7. The lowest BCUT2D eigenvalue weighted by Crippen LogP contribution is -2.15. The summed E-state index contributed by atoms with van der Waals surface area (Å²) in [7, 11) is 0. The molecule has 6 aromatic heterocycles. The first-order chi connectivity index (χ1) is 35.5. The Kier molecular flexibility index (Phi) is 15.1. The van der Waals surface area contributed by atoms with Gasteiger partial charge < -0.3 is 16.4 Å². The van der Waals surface area contributed by atoms with Crippen LogP contribution in [0.1, 0.15) is 80.3 Å². The van der Waals surface area contributed by atoms with Crippen molar-refractivity contribution in [3.05, 3.63) is 143 Å². The number of nitrogens with one attached hydrogen (secondary N) is 3. The molecule has 0 saturated heterocycles. The highest BCUT2D eigenvalue weighted by molar-refractivity contribution is 6.64. The Bertz CT molecular complexity index is 3550. The van der Waals surface area contributed by atoms with Gasteiger partial charge in [0.25, 0.3) is 11.8 Å². The number of carbonyl (C=O) groups excluding carboxylic acids is 4. The second-order valence-electron chi connectivity index (χ2n) is 17.7. The third kappa shape index (κ3) is 13.2. The van der Waals surface area contributed by atoms with Crippen LogP contribution in [0.5, 0.6) is 0 Å². The fourth-order valence-electron chi connectivity index (χ4n) is 7.43. The molecule has 0 spiro atoms. The van der Waals surface area contributed by atoms with Crippen LogP contribution in [0, 0.1) is 39.5 Å². The summed E-state index contributed by atoms with van der Waals surface area (Å²) < 4.78 is 77.6. The second-order valence-corrected chi connectivity index (χ2v) is 18.0. The summed E-state index contributed by atoms with van der Waals surface area (Å²) in [6.45, 7) is 7.45. The van der Waals surface area contributed by atoms with E-state index in [2.05, 4.69) is 55.8 Å². The number of hydrogen-bond acceptors (Lipinski definition) is 13. The highest BCUT2D eigenvalue weighted by Crippen LogP contribution is 2.35. The number of rotatable bonds is 9. The van der Waals surface area contributed by atoms with Gasteiger partial charge in [0.2, 0.25) is 23.0 Å². The number of nitrogen functional groups attached to an aromatic ring is 1. The van der Waals surface area contributed by atoms with E-state index in [4.69, 9.17) is 17.3 Å². The quantitative estimate of drug-likeness (QED) is 0.0779. The van der Waals surface area contributed by atoms with Gasteiger partial charge >= 0.3 is 12.4 Å². The van der Waals surface area contributed by atoms with Crippen LogP contribution in [-0.2, 0) is 21.9 Å². The zero-order valence-electron chi connectivity index (χ0n) is 40.2. The minimum Gasteiger partial charge on any atom is -0.368 e. The number of pyridine rings is 4. The fourth-order valence-corrected chi connectivity index (χ4v) is 7.65. The molecule has 23 heteroatoms. The van der Waals surface area contributed by atoms with Crippen molar-refractivity contribution in [1.82, 2.24) is 39.9 Å². The van der Waals surface area contributed by atoms with Gasteiger partial charge in [-0.3, -0.25) is 34.5 Å². The zero-order chi connectivity index (χ0) is 53.9. The molecule has 2 aliphatic rings. The average Bonchev–Trinajstić information content (AvgIpc) is 4.30. The maximum Gasteiger partial charge on any atom is 0.433 e. The standard InChI is InChI=1S/C26H21F3N6O2.C22H17F3N6O.C4H5ClO/c1-13-3-6-18(33-24(37)16-7-8-30-21(10-16)26(27,28)29)11-19(13)20-9-17-12-31-25(34-22(17)32-14(20)2)35-23(36)15-4-5-15;1-11-3-4-15(30-20(32)13-5-6-27-18(8-13)22(23,24)25)9-16(11)17-7-14-10-28-21(26)31-19(14)29-12(17)2;5-4(6)3-1-2-3/h3,6-12,15H,4-5H2,1-2H3,(H,33,37)(H,31,32,34,35,36);3-10H,1-2H3,(H,30,32)(H2,26,28,29,31);3H,1-2H2. The minimum absolute atomic E-state index is 0.0253. The van der Waals surface area contributed by atoms with E-state index >= 15 is 0 Å². The van der Waals surface area contributed by atoms with Crippen molar-refractivity contribution < 1.29 is 45.5 Å². The Balaban J connectivity index is 0.000000180. The topological polar surface area (TPSA) is 234 Å². The predicted molar refractivity (Wildman–Crippen MR) is 268 cm³/mol. The third-order valence-corrected chi connectivity index (χ3v) is 12.1. The molecule has 8 aromatic rings. The predicted octanol–water partition coefficient (Wildman–Crippen LogP) is 11.0. The van der Waals surface area contributed by atoms with Gasteiger partial charge in [-0.25, -0.2) is 19.9 Å². The monoisotopic (exact) mass is 1050 g/mol.